The van der Waals surface area contributed by atoms with Gasteiger partial charge in [-0.25, -0.2) is 9.78 Å². The smallest absolute Gasteiger partial charge is 0.320 e. The van der Waals surface area contributed by atoms with E-state index in [-0.39, 0.29) is 6.03 Å². The fourth-order valence-electron chi connectivity index (χ4n) is 2.53. The van der Waals surface area contributed by atoms with E-state index in [1.165, 1.54) is 6.42 Å². The van der Waals surface area contributed by atoms with Gasteiger partial charge in [-0.15, -0.1) is 0 Å². The van der Waals surface area contributed by atoms with Gasteiger partial charge in [-0.1, -0.05) is 0 Å². The van der Waals surface area contributed by atoms with E-state index in [1.54, 1.807) is 24.7 Å². The lowest BCUT2D eigenvalue weighted by atomic mass is 9.93. The fraction of sp³-hybridized carbons (Fsp3) is 0.250. The molecule has 116 valence electrons. The van der Waals surface area contributed by atoms with Crippen LogP contribution in [0.4, 0.5) is 10.6 Å². The SMILES string of the molecule is O=C(Nc1ccc2ncc(-c3cn[nH]c3)cc2n1)NC1CCC1. The molecule has 1 saturated carbocycles. The molecule has 1 aliphatic carbocycles. The molecular formula is C16H16N6O. The second-order valence-electron chi connectivity index (χ2n) is 5.67. The van der Waals surface area contributed by atoms with Crippen LogP contribution in [0, 0.1) is 0 Å². The molecule has 0 atom stereocenters. The first-order chi connectivity index (χ1) is 11.3. The second-order valence-corrected chi connectivity index (χ2v) is 5.67. The van der Waals surface area contributed by atoms with Crippen LogP contribution in [0.25, 0.3) is 22.2 Å². The lowest BCUT2D eigenvalue weighted by molar-refractivity contribution is 0.240. The maximum atomic E-state index is 11.9. The van der Waals surface area contributed by atoms with Crippen molar-refractivity contribution in [1.82, 2.24) is 25.5 Å². The Morgan fingerprint density at radius 1 is 1.17 bits per heavy atom. The highest BCUT2D eigenvalue weighted by atomic mass is 16.2. The quantitative estimate of drug-likeness (QED) is 0.693. The normalized spacial score (nSPS) is 14.4. The Morgan fingerprint density at radius 3 is 2.83 bits per heavy atom. The number of carbonyl (C=O) groups excluding carboxylic acids is 1. The molecule has 1 aliphatic rings. The summed E-state index contributed by atoms with van der Waals surface area (Å²) in [4.78, 5) is 20.8. The summed E-state index contributed by atoms with van der Waals surface area (Å²) < 4.78 is 0. The number of rotatable bonds is 3. The number of aromatic amines is 1. The van der Waals surface area contributed by atoms with Crippen LogP contribution >= 0.6 is 0 Å². The average molecular weight is 308 g/mol. The van der Waals surface area contributed by atoms with Crippen LogP contribution in [-0.2, 0) is 0 Å². The van der Waals surface area contributed by atoms with Crippen molar-refractivity contribution < 1.29 is 4.79 Å². The highest BCUT2D eigenvalue weighted by Crippen LogP contribution is 2.22. The van der Waals surface area contributed by atoms with Crippen molar-refractivity contribution in [3.8, 4) is 11.1 Å². The molecule has 0 aliphatic heterocycles. The van der Waals surface area contributed by atoms with E-state index >= 15 is 0 Å². The van der Waals surface area contributed by atoms with Crippen LogP contribution in [0.2, 0.25) is 0 Å². The first-order valence-corrected chi connectivity index (χ1v) is 7.61. The van der Waals surface area contributed by atoms with Gasteiger partial charge in [0.15, 0.2) is 0 Å². The van der Waals surface area contributed by atoms with Gasteiger partial charge in [0.2, 0.25) is 0 Å². The summed E-state index contributed by atoms with van der Waals surface area (Å²) in [5.41, 5.74) is 3.38. The van der Waals surface area contributed by atoms with Crippen molar-refractivity contribution in [1.29, 1.82) is 0 Å². The van der Waals surface area contributed by atoms with Crippen molar-refractivity contribution in [2.75, 3.05) is 5.32 Å². The van der Waals surface area contributed by atoms with Crippen molar-refractivity contribution in [2.24, 2.45) is 0 Å². The minimum Gasteiger partial charge on any atom is -0.335 e. The Morgan fingerprint density at radius 2 is 2.09 bits per heavy atom. The highest BCUT2D eigenvalue weighted by Gasteiger charge is 2.19. The van der Waals surface area contributed by atoms with E-state index in [0.29, 0.717) is 11.9 Å². The van der Waals surface area contributed by atoms with Gasteiger partial charge in [0.25, 0.3) is 0 Å². The molecule has 4 rings (SSSR count). The summed E-state index contributed by atoms with van der Waals surface area (Å²) in [6.45, 7) is 0. The van der Waals surface area contributed by atoms with Crippen LogP contribution in [0.5, 0.6) is 0 Å². The number of aromatic nitrogens is 4. The Labute approximate surface area is 132 Å². The van der Waals surface area contributed by atoms with E-state index in [4.69, 9.17) is 0 Å². The number of amides is 2. The number of hydrogen-bond donors (Lipinski definition) is 3. The number of urea groups is 1. The zero-order valence-corrected chi connectivity index (χ0v) is 12.4. The monoisotopic (exact) mass is 308 g/mol. The van der Waals surface area contributed by atoms with Crippen molar-refractivity contribution >= 4 is 22.9 Å². The molecule has 3 N–H and O–H groups in total. The molecule has 7 nitrogen and oxygen atoms in total. The van der Waals surface area contributed by atoms with E-state index in [0.717, 1.165) is 35.0 Å². The maximum absolute atomic E-state index is 11.9. The molecule has 0 spiro atoms. The van der Waals surface area contributed by atoms with Gasteiger partial charge < -0.3 is 5.32 Å². The van der Waals surface area contributed by atoms with E-state index in [2.05, 4.69) is 30.8 Å². The van der Waals surface area contributed by atoms with Crippen molar-refractivity contribution in [3.05, 3.63) is 36.8 Å². The van der Waals surface area contributed by atoms with Crippen LogP contribution in [-0.4, -0.2) is 32.2 Å². The zero-order chi connectivity index (χ0) is 15.6. The van der Waals surface area contributed by atoms with E-state index < -0.39 is 0 Å². The first-order valence-electron chi connectivity index (χ1n) is 7.61. The van der Waals surface area contributed by atoms with Gasteiger partial charge in [-0.3, -0.25) is 15.4 Å². The van der Waals surface area contributed by atoms with E-state index in [1.807, 2.05) is 12.1 Å². The van der Waals surface area contributed by atoms with Crippen LogP contribution in [0.1, 0.15) is 19.3 Å². The molecule has 3 aromatic rings. The van der Waals surface area contributed by atoms with Gasteiger partial charge in [-0.05, 0) is 37.5 Å². The van der Waals surface area contributed by atoms with Gasteiger partial charge in [0.1, 0.15) is 5.82 Å². The zero-order valence-electron chi connectivity index (χ0n) is 12.4. The lowest BCUT2D eigenvalue weighted by Crippen LogP contribution is -2.41. The summed E-state index contributed by atoms with van der Waals surface area (Å²) >= 11 is 0. The standard InChI is InChI=1S/C16H16N6O/c23-16(20-12-2-1-3-12)22-15-5-4-13-14(21-15)6-10(7-17-13)11-8-18-19-9-11/h4-9,12H,1-3H2,(H,18,19)(H2,20,21,22,23). The van der Waals surface area contributed by atoms with Gasteiger partial charge in [-0.2, -0.15) is 5.10 Å². The predicted molar refractivity (Wildman–Crippen MR) is 86.9 cm³/mol. The molecule has 1 fully saturated rings. The molecule has 3 heterocycles. The number of hydrogen-bond acceptors (Lipinski definition) is 4. The number of fused-ring (bicyclic) bond motifs is 1. The van der Waals surface area contributed by atoms with Crippen LogP contribution in [0.15, 0.2) is 36.8 Å². The number of anilines is 1. The largest absolute Gasteiger partial charge is 0.335 e. The topological polar surface area (TPSA) is 95.6 Å². The Hall–Kier alpha value is -2.96. The number of nitrogens with one attached hydrogen (secondary N) is 3. The summed E-state index contributed by atoms with van der Waals surface area (Å²) in [6, 6.07) is 5.63. The van der Waals surface area contributed by atoms with Gasteiger partial charge in [0.05, 0.1) is 17.2 Å². The maximum Gasteiger partial charge on any atom is 0.320 e. The molecule has 23 heavy (non-hydrogen) atoms. The minimum absolute atomic E-state index is 0.208. The van der Waals surface area contributed by atoms with Gasteiger partial charge >= 0.3 is 6.03 Å². The number of pyridine rings is 2. The molecule has 7 heteroatoms. The first kappa shape index (κ1) is 13.7. The third kappa shape index (κ3) is 2.85. The average Bonchev–Trinajstić information content (AvgIpc) is 3.05. The lowest BCUT2D eigenvalue weighted by Gasteiger charge is -2.26. The Bertz CT molecular complexity index is 841. The molecule has 0 unspecified atom stereocenters. The third-order valence-corrected chi connectivity index (χ3v) is 4.05. The minimum atomic E-state index is -0.208. The molecule has 3 aromatic heterocycles. The van der Waals surface area contributed by atoms with Crippen LogP contribution < -0.4 is 10.6 Å². The van der Waals surface area contributed by atoms with Crippen LogP contribution in [0.3, 0.4) is 0 Å². The molecule has 2 amide bonds. The van der Waals surface area contributed by atoms with E-state index in [9.17, 15) is 4.79 Å². The number of nitrogens with zero attached hydrogens (tertiary/aromatic N) is 3. The molecule has 0 bridgehead atoms. The predicted octanol–water partition coefficient (Wildman–Crippen LogP) is 2.69. The molecular weight excluding hydrogens is 292 g/mol. The van der Waals surface area contributed by atoms with Crippen molar-refractivity contribution in [2.45, 2.75) is 25.3 Å². The molecule has 0 aromatic carbocycles. The fourth-order valence-corrected chi connectivity index (χ4v) is 2.53. The number of H-pyrrole nitrogens is 1. The Kier molecular flexibility index (Phi) is 3.38. The number of carbonyl (C=O) groups is 1. The Balaban J connectivity index is 1.57. The second kappa shape index (κ2) is 5.68. The van der Waals surface area contributed by atoms with Crippen molar-refractivity contribution in [3.63, 3.8) is 0 Å². The molecule has 0 saturated heterocycles. The summed E-state index contributed by atoms with van der Waals surface area (Å²) in [5, 5.41) is 12.4. The summed E-state index contributed by atoms with van der Waals surface area (Å²) in [6.07, 6.45) is 8.61. The summed E-state index contributed by atoms with van der Waals surface area (Å²) in [5.74, 6) is 0.514. The molecule has 0 radical (unpaired) electrons. The highest BCUT2D eigenvalue weighted by molar-refractivity contribution is 5.90. The summed E-state index contributed by atoms with van der Waals surface area (Å²) in [7, 11) is 0. The van der Waals surface area contributed by atoms with Gasteiger partial charge in [0, 0.05) is 29.6 Å². The third-order valence-electron chi connectivity index (χ3n) is 4.05.